The molecule has 0 aromatic heterocycles. The number of nitrogens with one attached hydrogen (secondary N) is 1. The zero-order valence-electron chi connectivity index (χ0n) is 16.5. The quantitative estimate of drug-likeness (QED) is 0.843. The molecule has 152 valence electrons. The number of carbonyl (C=O) groups excluding carboxylic acids is 1. The zero-order chi connectivity index (χ0) is 20.2. The lowest BCUT2D eigenvalue weighted by Crippen LogP contribution is -2.47. The van der Waals surface area contributed by atoms with E-state index < -0.39 is 6.04 Å². The van der Waals surface area contributed by atoms with Crippen LogP contribution < -0.4 is 10.1 Å². The number of benzene rings is 2. The van der Waals surface area contributed by atoms with Crippen LogP contribution in [0.1, 0.15) is 23.6 Å². The summed E-state index contributed by atoms with van der Waals surface area (Å²) >= 11 is 0. The number of halogens is 1. The van der Waals surface area contributed by atoms with Gasteiger partial charge in [0, 0.05) is 43.7 Å². The van der Waals surface area contributed by atoms with E-state index in [0.717, 1.165) is 43.2 Å². The first kappa shape index (κ1) is 19.5. The van der Waals surface area contributed by atoms with Gasteiger partial charge in [0.1, 0.15) is 11.6 Å². The maximum absolute atomic E-state index is 14.6. The Morgan fingerprint density at radius 1 is 1.21 bits per heavy atom. The van der Waals surface area contributed by atoms with Gasteiger partial charge in [-0.25, -0.2) is 9.40 Å². The number of nitrogens with zero attached hydrogens (tertiary/aromatic N) is 3. The zero-order valence-corrected chi connectivity index (χ0v) is 16.5. The van der Waals surface area contributed by atoms with Crippen LogP contribution in [0, 0.1) is 5.82 Å². The van der Waals surface area contributed by atoms with E-state index >= 15 is 0 Å². The lowest BCUT2D eigenvalue weighted by Gasteiger charge is -2.29. The van der Waals surface area contributed by atoms with Crippen LogP contribution in [0.15, 0.2) is 53.6 Å². The fourth-order valence-corrected chi connectivity index (χ4v) is 3.84. The molecule has 1 unspecified atom stereocenters. The summed E-state index contributed by atoms with van der Waals surface area (Å²) in [5, 5.41) is 9.38. The molecule has 0 radical (unpaired) electrons. The van der Waals surface area contributed by atoms with Gasteiger partial charge in [0.05, 0.1) is 25.4 Å². The van der Waals surface area contributed by atoms with Gasteiger partial charge in [-0.05, 0) is 18.2 Å². The minimum Gasteiger partial charge on any atom is -0.497 e. The molecule has 1 atom stereocenters. The van der Waals surface area contributed by atoms with Crippen molar-refractivity contribution in [3.8, 4) is 5.75 Å². The van der Waals surface area contributed by atoms with Gasteiger partial charge in [-0.1, -0.05) is 30.3 Å². The molecule has 0 aliphatic carbocycles. The summed E-state index contributed by atoms with van der Waals surface area (Å²) in [7, 11) is 1.61. The van der Waals surface area contributed by atoms with Crippen molar-refractivity contribution in [3.05, 3.63) is 65.5 Å². The molecule has 0 saturated carbocycles. The molecule has 2 aliphatic heterocycles. The highest BCUT2D eigenvalue weighted by molar-refractivity contribution is 6.03. The maximum atomic E-state index is 14.6. The highest BCUT2D eigenvalue weighted by Gasteiger charge is 2.35. The third kappa shape index (κ3) is 4.31. The summed E-state index contributed by atoms with van der Waals surface area (Å²) in [6.45, 7) is 3.64. The first-order valence-electron chi connectivity index (χ1n) is 9.87. The fraction of sp³-hybridized carbons (Fsp3) is 0.364. The molecular formula is C22H25FN4O2. The summed E-state index contributed by atoms with van der Waals surface area (Å²) in [5.41, 5.74) is 2.12. The first-order chi connectivity index (χ1) is 14.2. The van der Waals surface area contributed by atoms with Gasteiger partial charge < -0.3 is 10.1 Å². The van der Waals surface area contributed by atoms with E-state index in [9.17, 15) is 9.18 Å². The Kier molecular flexibility index (Phi) is 5.87. The van der Waals surface area contributed by atoms with Gasteiger partial charge >= 0.3 is 0 Å². The summed E-state index contributed by atoms with van der Waals surface area (Å²) < 4.78 is 19.9. The molecule has 0 spiro atoms. The topological polar surface area (TPSA) is 57.2 Å². The Hall–Kier alpha value is -2.77. The number of piperazine rings is 1. The van der Waals surface area contributed by atoms with Crippen molar-refractivity contribution in [2.75, 3.05) is 39.8 Å². The lowest BCUT2D eigenvalue weighted by molar-refractivity contribution is -0.134. The molecule has 7 heteroatoms. The van der Waals surface area contributed by atoms with E-state index in [1.54, 1.807) is 25.3 Å². The highest BCUT2D eigenvalue weighted by Crippen LogP contribution is 2.34. The highest BCUT2D eigenvalue weighted by atomic mass is 19.1. The second-order valence-corrected chi connectivity index (χ2v) is 7.28. The fourth-order valence-electron chi connectivity index (χ4n) is 3.84. The average Bonchev–Trinajstić information content (AvgIpc) is 3.20. The summed E-state index contributed by atoms with van der Waals surface area (Å²) in [6, 6.07) is 13.7. The average molecular weight is 396 g/mol. The number of hydrazone groups is 1. The molecule has 1 amide bonds. The van der Waals surface area contributed by atoms with Crippen LogP contribution in [0.3, 0.4) is 0 Å². The Morgan fingerprint density at radius 2 is 2.00 bits per heavy atom. The third-order valence-corrected chi connectivity index (χ3v) is 5.40. The molecule has 29 heavy (non-hydrogen) atoms. The van der Waals surface area contributed by atoms with Crippen molar-refractivity contribution in [2.24, 2.45) is 5.10 Å². The van der Waals surface area contributed by atoms with Crippen molar-refractivity contribution in [3.63, 3.8) is 0 Å². The van der Waals surface area contributed by atoms with Crippen LogP contribution in [0.4, 0.5) is 4.39 Å². The first-order valence-corrected chi connectivity index (χ1v) is 9.87. The van der Waals surface area contributed by atoms with E-state index in [1.165, 1.54) is 11.1 Å². The number of amides is 1. The van der Waals surface area contributed by atoms with Gasteiger partial charge in [-0.2, -0.15) is 5.10 Å². The lowest BCUT2D eigenvalue weighted by atomic mass is 9.98. The molecule has 2 heterocycles. The second kappa shape index (κ2) is 8.71. The van der Waals surface area contributed by atoms with Gasteiger partial charge in [0.2, 0.25) is 0 Å². The largest absolute Gasteiger partial charge is 0.497 e. The molecule has 1 fully saturated rings. The molecule has 4 rings (SSSR count). The van der Waals surface area contributed by atoms with Crippen LogP contribution in [0.25, 0.3) is 0 Å². The van der Waals surface area contributed by atoms with Gasteiger partial charge in [0.25, 0.3) is 5.91 Å². The predicted molar refractivity (Wildman–Crippen MR) is 109 cm³/mol. The summed E-state index contributed by atoms with van der Waals surface area (Å²) in [5.74, 6) is 0.288. The second-order valence-electron chi connectivity index (χ2n) is 7.28. The maximum Gasteiger partial charge on any atom is 0.257 e. The van der Waals surface area contributed by atoms with E-state index in [-0.39, 0.29) is 18.3 Å². The van der Waals surface area contributed by atoms with E-state index in [0.29, 0.717) is 12.0 Å². The molecule has 2 aliphatic rings. The summed E-state index contributed by atoms with van der Waals surface area (Å²) in [6.07, 6.45) is 0.460. The Labute approximate surface area is 170 Å². The monoisotopic (exact) mass is 396 g/mol. The molecule has 2 aromatic carbocycles. The Balaban J connectivity index is 1.63. The smallest absolute Gasteiger partial charge is 0.257 e. The SMILES string of the molecule is COc1cccc(C2=NN(C(=O)CN3CCNCC3)C(c3ccccc3F)C2)c1. The van der Waals surface area contributed by atoms with Crippen molar-refractivity contribution in [2.45, 2.75) is 12.5 Å². The molecule has 0 bridgehead atoms. The molecular weight excluding hydrogens is 371 g/mol. The van der Waals surface area contributed by atoms with Gasteiger partial charge in [0.15, 0.2) is 0 Å². The number of methoxy groups -OCH3 is 1. The van der Waals surface area contributed by atoms with Crippen molar-refractivity contribution in [1.29, 1.82) is 0 Å². The molecule has 1 N–H and O–H groups in total. The summed E-state index contributed by atoms with van der Waals surface area (Å²) in [4.78, 5) is 15.2. The van der Waals surface area contributed by atoms with Crippen molar-refractivity contribution >= 4 is 11.6 Å². The minimum absolute atomic E-state index is 0.113. The Bertz CT molecular complexity index is 911. The van der Waals surface area contributed by atoms with Crippen LogP contribution in [-0.2, 0) is 4.79 Å². The standard InChI is InChI=1S/C22H25FN4O2/c1-29-17-6-4-5-16(13-17)20-14-21(18-7-2-3-8-19(18)23)27(25-20)22(28)15-26-11-9-24-10-12-26/h2-8,13,21,24H,9-12,14-15H2,1H3. The number of carbonyl (C=O) groups is 1. The third-order valence-electron chi connectivity index (χ3n) is 5.40. The van der Waals surface area contributed by atoms with Crippen molar-refractivity contribution < 1.29 is 13.9 Å². The number of ether oxygens (including phenoxy) is 1. The van der Waals surface area contributed by atoms with E-state index in [1.807, 2.05) is 24.3 Å². The molecule has 2 aromatic rings. The van der Waals surface area contributed by atoms with Crippen LogP contribution in [0.2, 0.25) is 0 Å². The van der Waals surface area contributed by atoms with Gasteiger partial charge in [-0.15, -0.1) is 0 Å². The normalized spacial score (nSPS) is 19.9. The van der Waals surface area contributed by atoms with E-state index in [2.05, 4.69) is 15.3 Å². The van der Waals surface area contributed by atoms with Crippen LogP contribution in [0.5, 0.6) is 5.75 Å². The Morgan fingerprint density at radius 3 is 2.76 bits per heavy atom. The number of rotatable bonds is 5. The van der Waals surface area contributed by atoms with Crippen LogP contribution >= 0.6 is 0 Å². The van der Waals surface area contributed by atoms with E-state index in [4.69, 9.17) is 4.74 Å². The number of hydrogen-bond donors (Lipinski definition) is 1. The number of hydrogen-bond acceptors (Lipinski definition) is 5. The molecule has 1 saturated heterocycles. The minimum atomic E-state index is -0.451. The van der Waals surface area contributed by atoms with Crippen LogP contribution in [-0.4, -0.2) is 61.4 Å². The van der Waals surface area contributed by atoms with Gasteiger partial charge in [-0.3, -0.25) is 9.69 Å². The molecule has 6 nitrogen and oxygen atoms in total. The van der Waals surface area contributed by atoms with Crippen molar-refractivity contribution in [1.82, 2.24) is 15.2 Å². The predicted octanol–water partition coefficient (Wildman–Crippen LogP) is 2.42.